The fraction of sp³-hybridized carbons (Fsp3) is 0.316. The van der Waals surface area contributed by atoms with Gasteiger partial charge in [0.2, 0.25) is 0 Å². The van der Waals surface area contributed by atoms with Crippen molar-refractivity contribution in [2.45, 2.75) is 26.9 Å². The molecular formula is C19H22N2O4S. The number of carbonyl (C=O) groups is 3. The van der Waals surface area contributed by atoms with Crippen LogP contribution in [0.3, 0.4) is 0 Å². The summed E-state index contributed by atoms with van der Waals surface area (Å²) in [4.78, 5) is 36.8. The van der Waals surface area contributed by atoms with Crippen molar-refractivity contribution in [3.63, 3.8) is 0 Å². The number of amides is 2. The summed E-state index contributed by atoms with van der Waals surface area (Å²) in [7, 11) is 0. The lowest BCUT2D eigenvalue weighted by Gasteiger charge is -2.15. The second kappa shape index (κ2) is 9.15. The van der Waals surface area contributed by atoms with Crippen molar-refractivity contribution >= 4 is 34.8 Å². The van der Waals surface area contributed by atoms with E-state index in [1.807, 2.05) is 19.2 Å². The second-order valence-corrected chi connectivity index (χ2v) is 7.15. The van der Waals surface area contributed by atoms with Gasteiger partial charge in [-0.25, -0.2) is 4.79 Å². The van der Waals surface area contributed by atoms with Gasteiger partial charge in [0.05, 0.1) is 10.4 Å². The highest BCUT2D eigenvalue weighted by molar-refractivity contribution is 7.12. The highest BCUT2D eigenvalue weighted by Crippen LogP contribution is 2.16. The lowest BCUT2D eigenvalue weighted by molar-refractivity contribution is -0.129. The molecule has 0 aliphatic heterocycles. The average Bonchev–Trinajstić information content (AvgIpc) is 3.14. The normalized spacial score (nSPS) is 11.7. The molecule has 1 aromatic carbocycles. The predicted molar refractivity (Wildman–Crippen MR) is 101 cm³/mol. The van der Waals surface area contributed by atoms with Crippen LogP contribution in [0.15, 0.2) is 41.8 Å². The summed E-state index contributed by atoms with van der Waals surface area (Å²) in [6.07, 6.45) is -0.898. The van der Waals surface area contributed by atoms with Gasteiger partial charge in [-0.3, -0.25) is 9.59 Å². The molecule has 0 aliphatic rings. The smallest absolute Gasteiger partial charge is 0.338 e. The maximum absolute atomic E-state index is 12.3. The fourth-order valence-corrected chi connectivity index (χ4v) is 2.67. The van der Waals surface area contributed by atoms with E-state index in [-0.39, 0.29) is 17.4 Å². The van der Waals surface area contributed by atoms with Gasteiger partial charge in [0.25, 0.3) is 11.8 Å². The number of ether oxygens (including phenoxy) is 1. The van der Waals surface area contributed by atoms with Gasteiger partial charge in [0.15, 0.2) is 6.10 Å². The summed E-state index contributed by atoms with van der Waals surface area (Å²) in [5.74, 6) is -0.893. The Hall–Kier alpha value is -2.67. The van der Waals surface area contributed by atoms with Crippen LogP contribution in [0.4, 0.5) is 5.69 Å². The molecule has 0 spiro atoms. The molecule has 7 heteroatoms. The van der Waals surface area contributed by atoms with Crippen molar-refractivity contribution in [3.8, 4) is 0 Å². The van der Waals surface area contributed by atoms with Crippen molar-refractivity contribution in [3.05, 3.63) is 52.2 Å². The Morgan fingerprint density at radius 3 is 2.54 bits per heavy atom. The number of rotatable bonds is 7. The Kier molecular flexibility index (Phi) is 6.91. The van der Waals surface area contributed by atoms with Gasteiger partial charge < -0.3 is 15.4 Å². The van der Waals surface area contributed by atoms with Crippen LogP contribution in [-0.4, -0.2) is 30.4 Å². The van der Waals surface area contributed by atoms with Gasteiger partial charge >= 0.3 is 5.97 Å². The maximum atomic E-state index is 12.3. The molecule has 2 aromatic rings. The highest BCUT2D eigenvalue weighted by Gasteiger charge is 2.19. The van der Waals surface area contributed by atoms with E-state index in [1.54, 1.807) is 30.3 Å². The SMILES string of the molecule is CC(C)CNC(=O)C(C)OC(=O)c1cccc(NC(=O)c2cccs2)c1. The summed E-state index contributed by atoms with van der Waals surface area (Å²) in [6, 6.07) is 9.92. The molecule has 1 aromatic heterocycles. The number of hydrogen-bond acceptors (Lipinski definition) is 5. The average molecular weight is 374 g/mol. The zero-order chi connectivity index (χ0) is 19.1. The van der Waals surface area contributed by atoms with Crippen LogP contribution < -0.4 is 10.6 Å². The third-order valence-corrected chi connectivity index (χ3v) is 4.31. The maximum Gasteiger partial charge on any atom is 0.338 e. The molecule has 1 unspecified atom stereocenters. The van der Waals surface area contributed by atoms with Crippen LogP contribution in [0.2, 0.25) is 0 Å². The van der Waals surface area contributed by atoms with Gasteiger partial charge in [-0.05, 0) is 42.5 Å². The van der Waals surface area contributed by atoms with Crippen LogP contribution in [0.1, 0.15) is 40.8 Å². The largest absolute Gasteiger partial charge is 0.449 e. The minimum absolute atomic E-state index is 0.244. The first-order chi connectivity index (χ1) is 12.4. The molecule has 0 saturated heterocycles. The van der Waals surface area contributed by atoms with Crippen LogP contribution >= 0.6 is 11.3 Å². The van der Waals surface area contributed by atoms with E-state index >= 15 is 0 Å². The predicted octanol–water partition coefficient (Wildman–Crippen LogP) is 3.32. The quantitative estimate of drug-likeness (QED) is 0.728. The Morgan fingerprint density at radius 2 is 1.88 bits per heavy atom. The minimum Gasteiger partial charge on any atom is -0.449 e. The molecule has 2 N–H and O–H groups in total. The Bertz CT molecular complexity index is 772. The van der Waals surface area contributed by atoms with Crippen molar-refractivity contribution in [1.29, 1.82) is 0 Å². The van der Waals surface area contributed by atoms with Crippen LogP contribution in [0.5, 0.6) is 0 Å². The molecule has 0 aliphatic carbocycles. The summed E-state index contributed by atoms with van der Waals surface area (Å²) in [6.45, 7) is 6.00. The summed E-state index contributed by atoms with van der Waals surface area (Å²) >= 11 is 1.33. The number of anilines is 1. The molecule has 6 nitrogen and oxygen atoms in total. The van der Waals surface area contributed by atoms with E-state index in [0.717, 1.165) is 0 Å². The van der Waals surface area contributed by atoms with Crippen molar-refractivity contribution in [1.82, 2.24) is 5.32 Å². The van der Waals surface area contributed by atoms with E-state index < -0.39 is 12.1 Å². The minimum atomic E-state index is -0.898. The lowest BCUT2D eigenvalue weighted by Crippen LogP contribution is -2.37. The van der Waals surface area contributed by atoms with Gasteiger partial charge in [-0.1, -0.05) is 26.0 Å². The van der Waals surface area contributed by atoms with Gasteiger partial charge in [-0.15, -0.1) is 11.3 Å². The molecular weight excluding hydrogens is 352 g/mol. The molecule has 1 atom stereocenters. The molecule has 0 bridgehead atoms. The van der Waals surface area contributed by atoms with E-state index in [2.05, 4.69) is 10.6 Å². The number of thiophene rings is 1. The Labute approximate surface area is 156 Å². The second-order valence-electron chi connectivity index (χ2n) is 6.20. The fourth-order valence-electron chi connectivity index (χ4n) is 2.05. The first kappa shape index (κ1) is 19.7. The van der Waals surface area contributed by atoms with E-state index in [1.165, 1.54) is 24.3 Å². The molecule has 0 radical (unpaired) electrons. The molecule has 2 amide bonds. The molecule has 26 heavy (non-hydrogen) atoms. The van der Waals surface area contributed by atoms with E-state index in [9.17, 15) is 14.4 Å². The number of carbonyl (C=O) groups excluding carboxylic acids is 3. The Morgan fingerprint density at radius 1 is 1.12 bits per heavy atom. The van der Waals surface area contributed by atoms with Crippen molar-refractivity contribution in [2.75, 3.05) is 11.9 Å². The molecule has 1 heterocycles. The van der Waals surface area contributed by atoms with Gasteiger partial charge in [0, 0.05) is 12.2 Å². The van der Waals surface area contributed by atoms with Crippen molar-refractivity contribution in [2.24, 2.45) is 5.92 Å². The van der Waals surface area contributed by atoms with Crippen LogP contribution in [-0.2, 0) is 9.53 Å². The first-order valence-electron chi connectivity index (χ1n) is 8.30. The number of esters is 1. The third-order valence-electron chi connectivity index (χ3n) is 3.44. The lowest BCUT2D eigenvalue weighted by atomic mass is 10.2. The van der Waals surface area contributed by atoms with Gasteiger partial charge in [-0.2, -0.15) is 0 Å². The zero-order valence-corrected chi connectivity index (χ0v) is 15.8. The standard InChI is InChI=1S/C19H22N2O4S/c1-12(2)11-20-17(22)13(3)25-19(24)14-6-4-7-15(10-14)21-18(23)16-8-5-9-26-16/h4-10,12-13H,11H2,1-3H3,(H,20,22)(H,21,23). The topological polar surface area (TPSA) is 84.5 Å². The van der Waals surface area contributed by atoms with Gasteiger partial charge in [0.1, 0.15) is 0 Å². The number of nitrogens with one attached hydrogen (secondary N) is 2. The highest BCUT2D eigenvalue weighted by atomic mass is 32.1. The molecule has 138 valence electrons. The Balaban J connectivity index is 1.97. The number of hydrogen-bond donors (Lipinski definition) is 2. The molecule has 0 fully saturated rings. The molecule has 0 saturated carbocycles. The first-order valence-corrected chi connectivity index (χ1v) is 9.18. The third kappa shape index (κ3) is 5.70. The van der Waals surface area contributed by atoms with E-state index in [0.29, 0.717) is 23.0 Å². The monoisotopic (exact) mass is 374 g/mol. The molecule has 2 rings (SSSR count). The van der Waals surface area contributed by atoms with Crippen molar-refractivity contribution < 1.29 is 19.1 Å². The summed E-state index contributed by atoms with van der Waals surface area (Å²) in [5.41, 5.74) is 0.743. The van der Waals surface area contributed by atoms with Crippen LogP contribution in [0.25, 0.3) is 0 Å². The zero-order valence-electron chi connectivity index (χ0n) is 14.9. The van der Waals surface area contributed by atoms with Crippen LogP contribution in [0, 0.1) is 5.92 Å². The number of benzene rings is 1. The summed E-state index contributed by atoms with van der Waals surface area (Å²) < 4.78 is 5.20. The van der Waals surface area contributed by atoms with E-state index in [4.69, 9.17) is 4.74 Å². The summed E-state index contributed by atoms with van der Waals surface area (Å²) in [5, 5.41) is 7.27.